The van der Waals surface area contributed by atoms with Crippen molar-refractivity contribution in [3.8, 4) is 0 Å². The Kier molecular flexibility index (Phi) is 10.6. The minimum atomic E-state index is -0.583. The molecule has 1 fully saturated rings. The summed E-state index contributed by atoms with van der Waals surface area (Å²) in [6.07, 6.45) is 5.38. The number of nitrogens with one attached hydrogen (secondary N) is 2. The lowest BCUT2D eigenvalue weighted by atomic mass is 9.95. The molecule has 0 spiro atoms. The van der Waals surface area contributed by atoms with E-state index >= 15 is 0 Å². The van der Waals surface area contributed by atoms with Crippen molar-refractivity contribution in [1.82, 2.24) is 20.1 Å². The molecule has 1 saturated heterocycles. The zero-order valence-corrected chi connectivity index (χ0v) is 26.0. The molecule has 2 aromatic rings. The second-order valence-electron chi connectivity index (χ2n) is 11.3. The fraction of sp³-hybridized carbons (Fsp3) is 0.500. The number of fused-ring (bicyclic) bond motifs is 1. The molecule has 1 aliphatic heterocycles. The van der Waals surface area contributed by atoms with Crippen molar-refractivity contribution in [2.24, 2.45) is 10.9 Å². The normalized spacial score (nSPS) is 16.5. The van der Waals surface area contributed by atoms with Crippen molar-refractivity contribution in [1.29, 1.82) is 0 Å². The number of aromatic amines is 1. The van der Waals surface area contributed by atoms with Gasteiger partial charge >= 0.3 is 6.09 Å². The number of aromatic nitrogens is 1. The number of hydrogen-bond acceptors (Lipinski definition) is 4. The van der Waals surface area contributed by atoms with Crippen molar-refractivity contribution in [2.45, 2.75) is 71.6 Å². The Labute approximate surface area is 246 Å². The summed E-state index contributed by atoms with van der Waals surface area (Å²) < 4.78 is 6.52. The highest BCUT2D eigenvalue weighted by Crippen LogP contribution is 2.25. The van der Waals surface area contributed by atoms with Gasteiger partial charge in [-0.15, -0.1) is 0 Å². The molecule has 2 amide bonds. The monoisotopic (exact) mass is 647 g/mol. The number of amides is 2. The first-order chi connectivity index (χ1) is 18.4. The third-order valence-corrected chi connectivity index (χ3v) is 7.45. The van der Waals surface area contributed by atoms with Crippen LogP contribution < -0.4 is 5.32 Å². The van der Waals surface area contributed by atoms with Gasteiger partial charge in [-0.2, -0.15) is 0 Å². The average molecular weight is 648 g/mol. The first-order valence-corrected chi connectivity index (χ1v) is 14.6. The van der Waals surface area contributed by atoms with Crippen LogP contribution in [0.3, 0.4) is 0 Å². The van der Waals surface area contributed by atoms with Gasteiger partial charge < -0.3 is 24.8 Å². The second kappa shape index (κ2) is 13.5. The maximum Gasteiger partial charge on any atom is 0.410 e. The van der Waals surface area contributed by atoms with Gasteiger partial charge in [0.1, 0.15) is 5.60 Å². The highest BCUT2D eigenvalue weighted by atomic mass is 127. The average Bonchev–Trinajstić information content (AvgIpc) is 3.30. The van der Waals surface area contributed by atoms with E-state index in [4.69, 9.17) is 9.73 Å². The van der Waals surface area contributed by atoms with E-state index in [-0.39, 0.29) is 24.1 Å². The lowest BCUT2D eigenvalue weighted by Crippen LogP contribution is -2.47. The molecule has 212 valence electrons. The summed E-state index contributed by atoms with van der Waals surface area (Å²) in [6.45, 7) is 19.5. The number of halogens is 1. The highest BCUT2D eigenvalue weighted by Gasteiger charge is 2.31. The van der Waals surface area contributed by atoms with Crippen LogP contribution in [0, 0.1) is 5.92 Å². The molecule has 0 bridgehead atoms. The number of H-pyrrole nitrogens is 1. The predicted octanol–water partition coefficient (Wildman–Crippen LogP) is 6.35. The molecule has 8 nitrogen and oxygen atoms in total. The maximum absolute atomic E-state index is 13.2. The first kappa shape index (κ1) is 30.7. The predicted molar refractivity (Wildman–Crippen MR) is 168 cm³/mol. The van der Waals surface area contributed by atoms with Gasteiger partial charge in [-0.05, 0) is 94.5 Å². The molecule has 1 aliphatic rings. The van der Waals surface area contributed by atoms with Gasteiger partial charge in [-0.25, -0.2) is 4.79 Å². The molecule has 1 aromatic heterocycles. The molecule has 1 unspecified atom stereocenters. The van der Waals surface area contributed by atoms with E-state index in [1.807, 2.05) is 55.0 Å². The summed E-state index contributed by atoms with van der Waals surface area (Å²) in [5.74, 6) is 0.266. The van der Waals surface area contributed by atoms with Crippen molar-refractivity contribution in [3.63, 3.8) is 0 Å². The number of likely N-dealkylation sites (tertiary alicyclic amines) is 1. The van der Waals surface area contributed by atoms with Crippen LogP contribution in [0.4, 0.5) is 4.79 Å². The minimum Gasteiger partial charge on any atom is -0.444 e. The number of hydrogen-bond donors (Lipinski definition) is 2. The van der Waals surface area contributed by atoms with Gasteiger partial charge in [0.05, 0.1) is 6.04 Å². The van der Waals surface area contributed by atoms with E-state index in [0.29, 0.717) is 32.0 Å². The van der Waals surface area contributed by atoms with Gasteiger partial charge in [0.2, 0.25) is 5.91 Å². The number of amidine groups is 1. The Morgan fingerprint density at radius 1 is 1.28 bits per heavy atom. The molecule has 2 atom stereocenters. The summed E-state index contributed by atoms with van der Waals surface area (Å²) in [7, 11) is 0. The summed E-state index contributed by atoms with van der Waals surface area (Å²) in [6, 6.07) is 8.00. The number of benzene rings is 1. The van der Waals surface area contributed by atoms with E-state index < -0.39 is 5.60 Å². The Balaban J connectivity index is 1.63. The lowest BCUT2D eigenvalue weighted by molar-refractivity contribution is -0.127. The molecule has 2 N–H and O–H groups in total. The number of piperidine rings is 1. The van der Waals surface area contributed by atoms with E-state index in [2.05, 4.69) is 66.0 Å². The van der Waals surface area contributed by atoms with Crippen molar-refractivity contribution < 1.29 is 14.3 Å². The third-order valence-electron chi connectivity index (χ3n) is 6.90. The van der Waals surface area contributed by atoms with Crippen molar-refractivity contribution in [3.05, 3.63) is 55.3 Å². The van der Waals surface area contributed by atoms with Crippen LogP contribution in [0.5, 0.6) is 0 Å². The summed E-state index contributed by atoms with van der Waals surface area (Å²) in [5, 5.41) is 4.43. The quantitative estimate of drug-likeness (QED) is 0.109. The Morgan fingerprint density at radius 2 is 1.95 bits per heavy atom. The Bertz CT molecular complexity index is 1210. The fourth-order valence-electron chi connectivity index (χ4n) is 4.91. The zero-order valence-electron chi connectivity index (χ0n) is 23.8. The van der Waals surface area contributed by atoms with Crippen LogP contribution in [-0.4, -0.2) is 67.9 Å². The molecular formula is C30H42IN5O3. The molecular weight excluding hydrogens is 605 g/mol. The molecule has 0 radical (unpaired) electrons. The molecule has 3 rings (SSSR count). The molecule has 39 heavy (non-hydrogen) atoms. The summed E-state index contributed by atoms with van der Waals surface area (Å²) in [4.78, 5) is 37.0. The van der Waals surface area contributed by atoms with Crippen LogP contribution in [0.25, 0.3) is 16.6 Å². The standard InChI is InChI=1S/C30H42IN5O3/c1-8-27(37)35-15-13-23(14-16-35)19-36(29(38)39-30(5,6)7)21(3)17-20(2)33-28(31)34-22(4)25-18-32-26-12-10-9-11-24(25)26/h8-12,18,20-21,23,32H,1,4,13-17,19H2,2-3,5-7H3,(H,33,34)/t20-,21?/m1/s1. The van der Waals surface area contributed by atoms with Crippen LogP contribution in [0.1, 0.15) is 59.4 Å². The third kappa shape index (κ3) is 8.84. The maximum atomic E-state index is 13.2. The first-order valence-electron chi connectivity index (χ1n) is 13.5. The number of carbonyl (C=O) groups is 2. The highest BCUT2D eigenvalue weighted by molar-refractivity contribution is 14.1. The van der Waals surface area contributed by atoms with Gasteiger partial charge in [0, 0.05) is 54.0 Å². The molecule has 0 saturated carbocycles. The topological polar surface area (TPSA) is 90.0 Å². The van der Waals surface area contributed by atoms with Gasteiger partial charge in [0.25, 0.3) is 0 Å². The molecule has 0 aliphatic carbocycles. The van der Waals surface area contributed by atoms with Gasteiger partial charge in [-0.3, -0.25) is 9.79 Å². The molecule has 1 aromatic carbocycles. The number of carbonyl (C=O) groups excluding carboxylic acids is 2. The number of ether oxygens (including phenoxy) is 1. The Morgan fingerprint density at radius 3 is 2.59 bits per heavy atom. The van der Waals surface area contributed by atoms with E-state index in [0.717, 1.165) is 38.8 Å². The smallest absolute Gasteiger partial charge is 0.410 e. The number of rotatable bonds is 9. The molecule has 2 heterocycles. The lowest BCUT2D eigenvalue weighted by Gasteiger charge is -2.38. The van der Waals surface area contributed by atoms with Crippen LogP contribution in [0.2, 0.25) is 0 Å². The number of nitrogens with zero attached hydrogens (tertiary/aromatic N) is 3. The zero-order chi connectivity index (χ0) is 28.7. The number of aliphatic imine (C=N–C) groups is 1. The van der Waals surface area contributed by atoms with E-state index in [9.17, 15) is 9.59 Å². The largest absolute Gasteiger partial charge is 0.444 e. The van der Waals surface area contributed by atoms with Crippen molar-refractivity contribution >= 4 is 55.0 Å². The minimum absolute atomic E-state index is 0.0342. The van der Waals surface area contributed by atoms with E-state index in [1.54, 1.807) is 0 Å². The second-order valence-corrected chi connectivity index (χ2v) is 12.3. The van der Waals surface area contributed by atoms with Crippen molar-refractivity contribution in [2.75, 3.05) is 19.6 Å². The van der Waals surface area contributed by atoms with Gasteiger partial charge in [-0.1, -0.05) is 31.4 Å². The SMILES string of the molecule is C=CC(=O)N1CCC(CN(C(=O)OC(C)(C)C)C(C)C[C@@H](C)N=C(I)NC(=C)c2c[nH]c3ccccc23)CC1. The Hall–Kier alpha value is -2.82. The van der Waals surface area contributed by atoms with Crippen LogP contribution in [-0.2, 0) is 9.53 Å². The number of para-hydroxylation sites is 1. The van der Waals surface area contributed by atoms with Gasteiger partial charge in [0.15, 0.2) is 3.84 Å². The molecule has 9 heteroatoms. The van der Waals surface area contributed by atoms with Crippen LogP contribution >= 0.6 is 22.6 Å². The fourth-order valence-corrected chi connectivity index (χ4v) is 5.71. The summed E-state index contributed by atoms with van der Waals surface area (Å²) >= 11 is 2.19. The van der Waals surface area contributed by atoms with E-state index in [1.165, 1.54) is 6.08 Å². The van der Waals surface area contributed by atoms with Crippen LogP contribution in [0.15, 0.2) is 54.7 Å². The summed E-state index contributed by atoms with van der Waals surface area (Å²) in [5.41, 5.74) is 2.26.